The molecule has 0 bridgehead atoms. The second-order valence-corrected chi connectivity index (χ2v) is 5.73. The van der Waals surface area contributed by atoms with E-state index in [0.717, 1.165) is 4.34 Å². The van der Waals surface area contributed by atoms with E-state index in [9.17, 15) is 4.79 Å². The first-order chi connectivity index (χ1) is 8.63. The Morgan fingerprint density at radius 3 is 3.06 bits per heavy atom. The number of hydrogen-bond acceptors (Lipinski definition) is 8. The van der Waals surface area contributed by atoms with Crippen LogP contribution >= 0.6 is 23.1 Å². The largest absolute Gasteiger partial charge is 0.374 e. The monoisotopic (exact) mass is 285 g/mol. The summed E-state index contributed by atoms with van der Waals surface area (Å²) in [6, 6.07) is 1.66. The van der Waals surface area contributed by atoms with E-state index in [4.69, 9.17) is 10.3 Å². The molecule has 18 heavy (non-hydrogen) atoms. The predicted molar refractivity (Wildman–Crippen MR) is 69.5 cm³/mol. The smallest absolute Gasteiger partial charge is 0.226 e. The fourth-order valence-electron chi connectivity index (χ4n) is 1.14. The molecule has 0 aliphatic heterocycles. The highest BCUT2D eigenvalue weighted by molar-refractivity contribution is 8.01. The molecule has 0 saturated heterocycles. The highest BCUT2D eigenvalue weighted by Crippen LogP contribution is 2.23. The fourth-order valence-corrected chi connectivity index (χ4v) is 2.79. The standard InChI is InChI=1S/C9H11N5O2S2/c1-5-4-6(14-16-5)11-7(15)2-3-17-9-13-12-8(10)18-9/h4H,2-3H2,1H3,(H2,10,12)(H,11,14,15). The number of anilines is 2. The van der Waals surface area contributed by atoms with Gasteiger partial charge in [0.05, 0.1) is 0 Å². The lowest BCUT2D eigenvalue weighted by molar-refractivity contribution is -0.115. The van der Waals surface area contributed by atoms with Gasteiger partial charge in [-0.1, -0.05) is 28.3 Å². The number of amides is 1. The molecular weight excluding hydrogens is 274 g/mol. The lowest BCUT2D eigenvalue weighted by Gasteiger charge is -1.99. The predicted octanol–water partition coefficient (Wildman–Crippen LogP) is 1.54. The number of carbonyl (C=O) groups is 1. The van der Waals surface area contributed by atoms with Gasteiger partial charge >= 0.3 is 0 Å². The van der Waals surface area contributed by atoms with E-state index < -0.39 is 0 Å². The summed E-state index contributed by atoms with van der Waals surface area (Å²) in [6.07, 6.45) is 0.357. The maximum Gasteiger partial charge on any atom is 0.226 e. The van der Waals surface area contributed by atoms with E-state index in [1.807, 2.05) is 0 Å². The zero-order valence-corrected chi connectivity index (χ0v) is 11.2. The first-order valence-corrected chi connectivity index (χ1v) is 6.88. The number of nitrogens with two attached hydrogens (primary N) is 1. The van der Waals surface area contributed by atoms with E-state index >= 15 is 0 Å². The van der Waals surface area contributed by atoms with Crippen molar-refractivity contribution in [2.45, 2.75) is 17.7 Å². The quantitative estimate of drug-likeness (QED) is 0.802. The molecule has 0 unspecified atom stereocenters. The Hall–Kier alpha value is -1.61. The van der Waals surface area contributed by atoms with Gasteiger partial charge in [-0.3, -0.25) is 4.79 Å². The lowest BCUT2D eigenvalue weighted by Crippen LogP contribution is -2.12. The number of nitrogens with one attached hydrogen (secondary N) is 1. The van der Waals surface area contributed by atoms with Crippen LogP contribution in [-0.4, -0.2) is 27.0 Å². The van der Waals surface area contributed by atoms with Crippen LogP contribution in [0.1, 0.15) is 12.2 Å². The zero-order valence-electron chi connectivity index (χ0n) is 9.54. The van der Waals surface area contributed by atoms with Gasteiger partial charge in [-0.15, -0.1) is 10.2 Å². The van der Waals surface area contributed by atoms with E-state index in [2.05, 4.69) is 20.7 Å². The third-order valence-corrected chi connectivity index (χ3v) is 3.76. The number of nitrogen functional groups attached to an aromatic ring is 1. The number of rotatable bonds is 5. The number of aryl methyl sites for hydroxylation is 1. The average Bonchev–Trinajstić information content (AvgIpc) is 2.88. The third-order valence-electron chi connectivity index (χ3n) is 1.87. The minimum absolute atomic E-state index is 0.117. The topological polar surface area (TPSA) is 107 Å². The number of hydrogen-bond donors (Lipinski definition) is 2. The lowest BCUT2D eigenvalue weighted by atomic mass is 10.4. The van der Waals surface area contributed by atoms with Gasteiger partial charge in [0.2, 0.25) is 11.0 Å². The molecule has 9 heteroatoms. The van der Waals surface area contributed by atoms with Crippen molar-refractivity contribution in [2.75, 3.05) is 16.8 Å². The Morgan fingerprint density at radius 2 is 2.44 bits per heavy atom. The molecular formula is C9H11N5O2S2. The summed E-state index contributed by atoms with van der Waals surface area (Å²) in [4.78, 5) is 11.6. The molecule has 0 aliphatic rings. The van der Waals surface area contributed by atoms with Gasteiger partial charge in [0.25, 0.3) is 0 Å². The molecule has 0 radical (unpaired) electrons. The first kappa shape index (κ1) is 12.8. The van der Waals surface area contributed by atoms with Gasteiger partial charge in [-0.25, -0.2) is 0 Å². The van der Waals surface area contributed by atoms with E-state index in [0.29, 0.717) is 28.9 Å². The van der Waals surface area contributed by atoms with Crippen molar-refractivity contribution in [3.8, 4) is 0 Å². The number of thioether (sulfide) groups is 1. The van der Waals surface area contributed by atoms with E-state index in [1.165, 1.54) is 23.1 Å². The highest BCUT2D eigenvalue weighted by atomic mass is 32.2. The van der Waals surface area contributed by atoms with E-state index in [-0.39, 0.29) is 5.91 Å². The van der Waals surface area contributed by atoms with Gasteiger partial charge in [-0.2, -0.15) is 0 Å². The summed E-state index contributed by atoms with van der Waals surface area (Å²) in [6.45, 7) is 1.76. The van der Waals surface area contributed by atoms with Crippen molar-refractivity contribution >= 4 is 40.0 Å². The van der Waals surface area contributed by atoms with Gasteiger partial charge < -0.3 is 15.6 Å². The van der Waals surface area contributed by atoms with Crippen LogP contribution in [0.25, 0.3) is 0 Å². The first-order valence-electron chi connectivity index (χ1n) is 5.08. The van der Waals surface area contributed by atoms with E-state index in [1.54, 1.807) is 13.0 Å². The second kappa shape index (κ2) is 5.83. The Labute approximate surface area is 111 Å². The van der Waals surface area contributed by atoms with Crippen molar-refractivity contribution in [1.82, 2.24) is 15.4 Å². The summed E-state index contributed by atoms with van der Waals surface area (Å²) in [5, 5.41) is 14.3. The van der Waals surface area contributed by atoms with Crippen LogP contribution in [0.3, 0.4) is 0 Å². The molecule has 0 spiro atoms. The van der Waals surface area contributed by atoms with Crippen LogP contribution in [-0.2, 0) is 4.79 Å². The van der Waals surface area contributed by atoms with Crippen LogP contribution < -0.4 is 11.1 Å². The Morgan fingerprint density at radius 1 is 1.61 bits per heavy atom. The molecule has 0 aromatic carbocycles. The molecule has 0 fully saturated rings. The van der Waals surface area contributed by atoms with Crippen LogP contribution in [0.15, 0.2) is 14.9 Å². The van der Waals surface area contributed by atoms with Crippen molar-refractivity contribution in [1.29, 1.82) is 0 Å². The molecule has 0 aliphatic carbocycles. The molecule has 2 aromatic rings. The number of aromatic nitrogens is 3. The molecule has 96 valence electrons. The summed E-state index contributed by atoms with van der Waals surface area (Å²) in [7, 11) is 0. The Balaban J connectivity index is 1.72. The summed E-state index contributed by atoms with van der Waals surface area (Å²) in [5.74, 6) is 1.58. The summed E-state index contributed by atoms with van der Waals surface area (Å²) in [5.41, 5.74) is 5.45. The van der Waals surface area contributed by atoms with Gasteiger partial charge in [0.15, 0.2) is 10.2 Å². The maximum absolute atomic E-state index is 11.6. The molecule has 0 saturated carbocycles. The van der Waals surface area contributed by atoms with Gasteiger partial charge in [0.1, 0.15) is 5.76 Å². The molecule has 1 amide bonds. The minimum atomic E-state index is -0.117. The molecule has 2 heterocycles. The van der Waals surface area contributed by atoms with Crippen molar-refractivity contribution < 1.29 is 9.32 Å². The van der Waals surface area contributed by atoms with Crippen molar-refractivity contribution in [3.05, 3.63) is 11.8 Å². The van der Waals surface area contributed by atoms with Crippen LogP contribution in [0.4, 0.5) is 10.9 Å². The second-order valence-electron chi connectivity index (χ2n) is 3.38. The third kappa shape index (κ3) is 3.70. The molecule has 3 N–H and O–H groups in total. The zero-order chi connectivity index (χ0) is 13.0. The maximum atomic E-state index is 11.6. The van der Waals surface area contributed by atoms with Gasteiger partial charge in [-0.05, 0) is 6.92 Å². The van der Waals surface area contributed by atoms with Crippen LogP contribution in [0.5, 0.6) is 0 Å². The van der Waals surface area contributed by atoms with Crippen LogP contribution in [0, 0.1) is 6.92 Å². The normalized spacial score (nSPS) is 10.5. The Kier molecular flexibility index (Phi) is 4.15. The Bertz CT molecular complexity index is 539. The molecule has 2 aromatic heterocycles. The average molecular weight is 285 g/mol. The highest BCUT2D eigenvalue weighted by Gasteiger charge is 2.07. The number of nitrogens with zero attached hydrogens (tertiary/aromatic N) is 3. The summed E-state index contributed by atoms with van der Waals surface area (Å²) >= 11 is 2.75. The number of carbonyl (C=O) groups excluding carboxylic acids is 1. The van der Waals surface area contributed by atoms with Crippen molar-refractivity contribution in [3.63, 3.8) is 0 Å². The van der Waals surface area contributed by atoms with Crippen molar-refractivity contribution in [2.24, 2.45) is 0 Å². The molecule has 2 rings (SSSR count). The summed E-state index contributed by atoms with van der Waals surface area (Å²) < 4.78 is 5.60. The minimum Gasteiger partial charge on any atom is -0.374 e. The SMILES string of the molecule is Cc1cc(NC(=O)CCSc2nnc(N)s2)no1. The molecule has 7 nitrogen and oxygen atoms in total. The van der Waals surface area contributed by atoms with Crippen LogP contribution in [0.2, 0.25) is 0 Å². The fraction of sp³-hybridized carbons (Fsp3) is 0.333. The molecule has 0 atom stereocenters. The van der Waals surface area contributed by atoms with Gasteiger partial charge in [0, 0.05) is 18.2 Å².